The van der Waals surface area contributed by atoms with Crippen LogP contribution < -0.4 is 15.4 Å². The van der Waals surface area contributed by atoms with Crippen molar-refractivity contribution in [2.24, 2.45) is 0 Å². The number of amides is 2. The number of nitrogens with zero attached hydrogens (tertiary/aromatic N) is 1. The van der Waals surface area contributed by atoms with E-state index in [9.17, 15) is 9.59 Å². The Morgan fingerprint density at radius 2 is 1.81 bits per heavy atom. The van der Waals surface area contributed by atoms with Gasteiger partial charge in [0.15, 0.2) is 0 Å². The molecule has 1 atom stereocenters. The standard InChI is InChI=1S/C24H31N3O5/c1-24(2,3)32-23(30)27-13-12-25-16-21(27)17-4-6-18(7-5-17)22(29)26-19-8-10-20(11-9-19)31-15-14-28/h4-11,21,25,28H,12-16H2,1-3H3,(H,26,29). The summed E-state index contributed by atoms with van der Waals surface area (Å²) in [5, 5.41) is 15.0. The van der Waals surface area contributed by atoms with E-state index in [2.05, 4.69) is 10.6 Å². The molecule has 0 spiro atoms. The maximum absolute atomic E-state index is 12.6. The molecule has 1 heterocycles. The van der Waals surface area contributed by atoms with Crippen LogP contribution in [0.2, 0.25) is 0 Å². The minimum absolute atomic E-state index is 0.0546. The number of rotatable bonds is 6. The molecule has 8 nitrogen and oxygen atoms in total. The quantitative estimate of drug-likeness (QED) is 0.637. The summed E-state index contributed by atoms with van der Waals surface area (Å²) in [6, 6.07) is 14.0. The third kappa shape index (κ3) is 6.45. The fourth-order valence-corrected chi connectivity index (χ4v) is 3.40. The molecule has 0 saturated carbocycles. The van der Waals surface area contributed by atoms with Gasteiger partial charge >= 0.3 is 6.09 Å². The number of hydrogen-bond acceptors (Lipinski definition) is 6. The number of benzene rings is 2. The van der Waals surface area contributed by atoms with Crippen LogP contribution in [0.5, 0.6) is 5.75 Å². The number of carbonyl (C=O) groups excluding carboxylic acids is 2. The first-order valence-electron chi connectivity index (χ1n) is 10.7. The van der Waals surface area contributed by atoms with Gasteiger partial charge in [0.1, 0.15) is 18.0 Å². The molecule has 0 aliphatic carbocycles. The number of nitrogens with one attached hydrogen (secondary N) is 2. The summed E-state index contributed by atoms with van der Waals surface area (Å²) in [7, 11) is 0. The monoisotopic (exact) mass is 441 g/mol. The second-order valence-corrected chi connectivity index (χ2v) is 8.57. The summed E-state index contributed by atoms with van der Waals surface area (Å²) >= 11 is 0. The van der Waals surface area contributed by atoms with E-state index in [1.165, 1.54) is 0 Å². The van der Waals surface area contributed by atoms with Crippen molar-refractivity contribution < 1.29 is 24.2 Å². The minimum atomic E-state index is -0.558. The molecule has 172 valence electrons. The molecule has 3 rings (SSSR count). The molecule has 0 aromatic heterocycles. The maximum atomic E-state index is 12.6. The third-order valence-corrected chi connectivity index (χ3v) is 4.90. The van der Waals surface area contributed by atoms with E-state index in [0.717, 1.165) is 5.56 Å². The highest BCUT2D eigenvalue weighted by Gasteiger charge is 2.31. The number of aliphatic hydroxyl groups is 1. The Kier molecular flexibility index (Phi) is 7.71. The van der Waals surface area contributed by atoms with Crippen molar-refractivity contribution in [1.82, 2.24) is 10.2 Å². The van der Waals surface area contributed by atoms with Crippen LogP contribution in [0, 0.1) is 0 Å². The summed E-state index contributed by atoms with van der Waals surface area (Å²) in [5.74, 6) is 0.392. The first-order valence-corrected chi connectivity index (χ1v) is 10.7. The van der Waals surface area contributed by atoms with E-state index < -0.39 is 5.60 Å². The van der Waals surface area contributed by atoms with Crippen molar-refractivity contribution in [2.45, 2.75) is 32.4 Å². The Balaban J connectivity index is 1.65. The molecule has 2 aromatic carbocycles. The molecular weight excluding hydrogens is 410 g/mol. The molecular formula is C24H31N3O5. The summed E-state index contributed by atoms with van der Waals surface area (Å²) in [4.78, 5) is 27.0. The van der Waals surface area contributed by atoms with E-state index in [1.54, 1.807) is 41.3 Å². The summed E-state index contributed by atoms with van der Waals surface area (Å²) in [6.45, 7) is 7.61. The first-order chi connectivity index (χ1) is 15.3. The predicted octanol–water partition coefficient (Wildman–Crippen LogP) is 3.19. The zero-order valence-electron chi connectivity index (χ0n) is 18.8. The normalized spacial score (nSPS) is 16.4. The van der Waals surface area contributed by atoms with E-state index in [1.807, 2.05) is 32.9 Å². The number of carbonyl (C=O) groups is 2. The van der Waals surface area contributed by atoms with E-state index >= 15 is 0 Å². The van der Waals surface area contributed by atoms with Crippen molar-refractivity contribution in [3.8, 4) is 5.75 Å². The second-order valence-electron chi connectivity index (χ2n) is 8.57. The number of piperazine rings is 1. The Hall–Kier alpha value is -3.10. The average molecular weight is 442 g/mol. The topological polar surface area (TPSA) is 100 Å². The lowest BCUT2D eigenvalue weighted by Gasteiger charge is -2.37. The van der Waals surface area contributed by atoms with E-state index in [0.29, 0.717) is 36.6 Å². The fourth-order valence-electron chi connectivity index (χ4n) is 3.40. The van der Waals surface area contributed by atoms with Gasteiger partial charge in [-0.1, -0.05) is 12.1 Å². The van der Waals surface area contributed by atoms with Crippen molar-refractivity contribution in [2.75, 3.05) is 38.2 Å². The first kappa shape index (κ1) is 23.6. The molecule has 3 N–H and O–H groups in total. The molecule has 0 radical (unpaired) electrons. The molecule has 0 bridgehead atoms. The van der Waals surface area contributed by atoms with Crippen LogP contribution in [0.3, 0.4) is 0 Å². The van der Waals surface area contributed by atoms with Crippen LogP contribution in [0.4, 0.5) is 10.5 Å². The van der Waals surface area contributed by atoms with Crippen LogP contribution in [-0.4, -0.2) is 60.5 Å². The molecule has 1 aliphatic heterocycles. The van der Waals surface area contributed by atoms with Gasteiger partial charge in [-0.15, -0.1) is 0 Å². The fraction of sp³-hybridized carbons (Fsp3) is 0.417. The number of anilines is 1. The molecule has 1 unspecified atom stereocenters. The smallest absolute Gasteiger partial charge is 0.410 e. The van der Waals surface area contributed by atoms with Gasteiger partial charge in [0.2, 0.25) is 0 Å². The lowest BCUT2D eigenvalue weighted by Crippen LogP contribution is -2.50. The van der Waals surface area contributed by atoms with E-state index in [4.69, 9.17) is 14.6 Å². The highest BCUT2D eigenvalue weighted by molar-refractivity contribution is 6.04. The Labute approximate surface area is 188 Å². The SMILES string of the molecule is CC(C)(C)OC(=O)N1CCNCC1c1ccc(C(=O)Nc2ccc(OCCO)cc2)cc1. The van der Waals surface area contributed by atoms with Gasteiger partial charge in [-0.3, -0.25) is 9.69 Å². The summed E-state index contributed by atoms with van der Waals surface area (Å²) in [6.07, 6.45) is -0.336. The third-order valence-electron chi connectivity index (χ3n) is 4.90. The Morgan fingerprint density at radius 3 is 2.44 bits per heavy atom. The zero-order valence-corrected chi connectivity index (χ0v) is 18.8. The maximum Gasteiger partial charge on any atom is 0.410 e. The largest absolute Gasteiger partial charge is 0.491 e. The van der Waals surface area contributed by atoms with Crippen LogP contribution in [0.1, 0.15) is 42.7 Å². The average Bonchev–Trinajstić information content (AvgIpc) is 2.77. The number of ether oxygens (including phenoxy) is 2. The molecule has 1 saturated heterocycles. The molecule has 32 heavy (non-hydrogen) atoms. The predicted molar refractivity (Wildman–Crippen MR) is 122 cm³/mol. The molecule has 1 fully saturated rings. The van der Waals surface area contributed by atoms with Crippen molar-refractivity contribution >= 4 is 17.7 Å². The lowest BCUT2D eigenvalue weighted by atomic mass is 10.0. The van der Waals surface area contributed by atoms with Crippen molar-refractivity contribution in [1.29, 1.82) is 0 Å². The molecule has 8 heteroatoms. The Bertz CT molecular complexity index is 907. The summed E-state index contributed by atoms with van der Waals surface area (Å²) < 4.78 is 10.9. The van der Waals surface area contributed by atoms with Crippen LogP contribution >= 0.6 is 0 Å². The van der Waals surface area contributed by atoms with Crippen LogP contribution in [0.25, 0.3) is 0 Å². The molecule has 2 aromatic rings. The number of hydrogen-bond donors (Lipinski definition) is 3. The van der Waals surface area contributed by atoms with Crippen molar-refractivity contribution in [3.05, 3.63) is 59.7 Å². The molecule has 2 amide bonds. The van der Waals surface area contributed by atoms with Crippen molar-refractivity contribution in [3.63, 3.8) is 0 Å². The second kappa shape index (κ2) is 10.5. The highest BCUT2D eigenvalue weighted by Crippen LogP contribution is 2.25. The van der Waals surface area contributed by atoms with Gasteiger partial charge in [-0.25, -0.2) is 4.79 Å². The van der Waals surface area contributed by atoms with E-state index in [-0.39, 0.29) is 31.3 Å². The van der Waals surface area contributed by atoms with Crippen LogP contribution in [-0.2, 0) is 4.74 Å². The van der Waals surface area contributed by atoms with Crippen LogP contribution in [0.15, 0.2) is 48.5 Å². The van der Waals surface area contributed by atoms with Gasteiger partial charge in [0.05, 0.1) is 12.6 Å². The zero-order chi connectivity index (χ0) is 23.1. The number of aliphatic hydroxyl groups excluding tert-OH is 1. The van der Waals surface area contributed by atoms with Gasteiger partial charge in [-0.05, 0) is 62.7 Å². The lowest BCUT2D eigenvalue weighted by molar-refractivity contribution is 0.0118. The van der Waals surface area contributed by atoms with Gasteiger partial charge < -0.3 is 25.2 Å². The van der Waals surface area contributed by atoms with Gasteiger partial charge in [0, 0.05) is 30.9 Å². The van der Waals surface area contributed by atoms with Gasteiger partial charge in [-0.2, -0.15) is 0 Å². The Morgan fingerprint density at radius 1 is 1.12 bits per heavy atom. The highest BCUT2D eigenvalue weighted by atomic mass is 16.6. The van der Waals surface area contributed by atoms with Gasteiger partial charge in [0.25, 0.3) is 5.91 Å². The minimum Gasteiger partial charge on any atom is -0.491 e. The summed E-state index contributed by atoms with van der Waals surface area (Å²) in [5.41, 5.74) is 1.53. The molecule has 1 aliphatic rings.